The van der Waals surface area contributed by atoms with E-state index in [0.717, 1.165) is 0 Å². The van der Waals surface area contributed by atoms with Gasteiger partial charge in [0.05, 0.1) is 11.4 Å². The molecule has 13 heavy (non-hydrogen) atoms. The van der Waals surface area contributed by atoms with Crippen LogP contribution < -0.4 is 0 Å². The Bertz CT molecular complexity index is 274. The van der Waals surface area contributed by atoms with Crippen LogP contribution in [0.15, 0.2) is 0 Å². The smallest absolute Gasteiger partial charge is 0.214 e. The molecular weight excluding hydrogens is 190 g/mol. The Hall–Kier alpha value is -0.130. The van der Waals surface area contributed by atoms with Crippen molar-refractivity contribution in [3.05, 3.63) is 0 Å². The molecule has 0 aromatic rings. The van der Waals surface area contributed by atoms with Gasteiger partial charge in [0, 0.05) is 13.1 Å². The highest BCUT2D eigenvalue weighted by molar-refractivity contribution is 7.89. The molecule has 0 atom stereocenters. The highest BCUT2D eigenvalue weighted by Gasteiger charge is 2.43. The van der Waals surface area contributed by atoms with E-state index in [2.05, 4.69) is 0 Å². The zero-order valence-corrected chi connectivity index (χ0v) is 9.13. The van der Waals surface area contributed by atoms with Crippen molar-refractivity contribution in [3.63, 3.8) is 0 Å². The van der Waals surface area contributed by atoms with Crippen molar-refractivity contribution >= 4 is 10.0 Å². The first-order valence-electron chi connectivity index (χ1n) is 4.43. The lowest BCUT2D eigenvalue weighted by molar-refractivity contribution is -0.0427. The van der Waals surface area contributed by atoms with Crippen LogP contribution in [0.1, 0.15) is 20.8 Å². The number of nitrogens with zero attached hydrogens (tertiary/aromatic N) is 1. The van der Waals surface area contributed by atoms with Crippen LogP contribution in [0.2, 0.25) is 0 Å². The zero-order chi connectivity index (χ0) is 10.3. The summed E-state index contributed by atoms with van der Waals surface area (Å²) < 4.78 is 24.4. The van der Waals surface area contributed by atoms with Crippen molar-refractivity contribution in [2.75, 3.05) is 18.8 Å². The van der Waals surface area contributed by atoms with Gasteiger partial charge in [0.2, 0.25) is 10.0 Å². The van der Waals surface area contributed by atoms with Gasteiger partial charge >= 0.3 is 0 Å². The van der Waals surface area contributed by atoms with Gasteiger partial charge in [-0.1, -0.05) is 13.8 Å². The number of hydrogen-bond donors (Lipinski definition) is 1. The molecule has 0 spiro atoms. The summed E-state index contributed by atoms with van der Waals surface area (Å²) in [5.74, 6) is 0.304. The van der Waals surface area contributed by atoms with Crippen molar-refractivity contribution < 1.29 is 13.5 Å². The van der Waals surface area contributed by atoms with E-state index in [1.54, 1.807) is 6.92 Å². The Morgan fingerprint density at radius 3 is 2.23 bits per heavy atom. The van der Waals surface area contributed by atoms with Crippen molar-refractivity contribution in [1.29, 1.82) is 0 Å². The predicted octanol–water partition coefficient (Wildman–Crippen LogP) is 0.0388. The van der Waals surface area contributed by atoms with Crippen molar-refractivity contribution in [3.8, 4) is 0 Å². The summed E-state index contributed by atoms with van der Waals surface area (Å²) in [4.78, 5) is 0. The van der Waals surface area contributed by atoms with Gasteiger partial charge in [-0.05, 0) is 12.8 Å². The highest BCUT2D eigenvalue weighted by atomic mass is 32.2. The van der Waals surface area contributed by atoms with Crippen LogP contribution in [0, 0.1) is 5.92 Å². The summed E-state index contributed by atoms with van der Waals surface area (Å²) in [5, 5.41) is 9.37. The molecule has 0 unspecified atom stereocenters. The van der Waals surface area contributed by atoms with Crippen molar-refractivity contribution in [2.24, 2.45) is 5.92 Å². The van der Waals surface area contributed by atoms with Gasteiger partial charge in [-0.25, -0.2) is 8.42 Å². The van der Waals surface area contributed by atoms with E-state index < -0.39 is 15.6 Å². The number of sulfonamides is 1. The first kappa shape index (κ1) is 10.9. The molecule has 1 heterocycles. The first-order valence-corrected chi connectivity index (χ1v) is 6.04. The summed E-state index contributed by atoms with van der Waals surface area (Å²) in [5.41, 5.74) is -0.815. The van der Waals surface area contributed by atoms with E-state index in [0.29, 0.717) is 0 Å². The van der Waals surface area contributed by atoms with E-state index in [1.165, 1.54) is 4.31 Å². The van der Waals surface area contributed by atoms with Gasteiger partial charge in [0.15, 0.2) is 0 Å². The maximum atomic E-state index is 11.5. The number of aliphatic hydroxyl groups is 1. The monoisotopic (exact) mass is 207 g/mol. The molecule has 0 aromatic heterocycles. The van der Waals surface area contributed by atoms with Crippen LogP contribution in [0.5, 0.6) is 0 Å². The van der Waals surface area contributed by atoms with Crippen molar-refractivity contribution in [2.45, 2.75) is 26.4 Å². The molecule has 1 N–H and O–H groups in total. The lowest BCUT2D eigenvalue weighted by Gasteiger charge is -2.43. The second-order valence-electron chi connectivity index (χ2n) is 4.44. The second-order valence-corrected chi connectivity index (χ2v) is 6.45. The maximum Gasteiger partial charge on any atom is 0.214 e. The SMILES string of the molecule is CC(C)CS(=O)(=O)N1CC(C)(O)C1. The van der Waals surface area contributed by atoms with Crippen LogP contribution in [0.4, 0.5) is 0 Å². The fraction of sp³-hybridized carbons (Fsp3) is 1.00. The Kier molecular flexibility index (Phi) is 2.71. The number of rotatable bonds is 3. The van der Waals surface area contributed by atoms with Gasteiger partial charge in [-0.2, -0.15) is 4.31 Å². The summed E-state index contributed by atoms with van der Waals surface area (Å²) in [6.45, 7) is 5.86. The molecule has 0 amide bonds. The van der Waals surface area contributed by atoms with Crippen LogP contribution in [0.3, 0.4) is 0 Å². The molecule has 0 saturated carbocycles. The largest absolute Gasteiger partial charge is 0.387 e. The molecule has 5 heteroatoms. The minimum atomic E-state index is -3.12. The van der Waals surface area contributed by atoms with E-state index in [1.807, 2.05) is 13.8 Å². The topological polar surface area (TPSA) is 57.6 Å². The molecule has 0 aromatic carbocycles. The fourth-order valence-corrected chi connectivity index (χ4v) is 3.44. The van der Waals surface area contributed by atoms with E-state index in [9.17, 15) is 13.5 Å². The number of β-amino-alcohol motifs (C(OH)–C–C–N with tert-alkyl or cyclic N) is 1. The zero-order valence-electron chi connectivity index (χ0n) is 8.32. The molecule has 0 radical (unpaired) electrons. The average molecular weight is 207 g/mol. The maximum absolute atomic E-state index is 11.5. The summed E-state index contributed by atoms with van der Waals surface area (Å²) in [6.07, 6.45) is 0. The highest BCUT2D eigenvalue weighted by Crippen LogP contribution is 2.24. The Labute approximate surface area is 79.6 Å². The molecule has 78 valence electrons. The first-order chi connectivity index (χ1) is 5.73. The summed E-state index contributed by atoms with van der Waals surface area (Å²) >= 11 is 0. The minimum Gasteiger partial charge on any atom is -0.387 e. The molecule has 1 rings (SSSR count). The van der Waals surface area contributed by atoms with Crippen LogP contribution in [-0.4, -0.2) is 42.3 Å². The summed E-state index contributed by atoms with van der Waals surface area (Å²) in [6, 6.07) is 0. The van der Waals surface area contributed by atoms with Crippen LogP contribution in [-0.2, 0) is 10.0 Å². The molecule has 1 fully saturated rings. The molecule has 1 saturated heterocycles. The Balaban J connectivity index is 2.55. The van der Waals surface area contributed by atoms with E-state index in [-0.39, 0.29) is 24.8 Å². The predicted molar refractivity (Wildman–Crippen MR) is 50.8 cm³/mol. The third kappa shape index (κ3) is 2.65. The van der Waals surface area contributed by atoms with Crippen LogP contribution in [0.25, 0.3) is 0 Å². The van der Waals surface area contributed by atoms with Gasteiger partial charge in [0.1, 0.15) is 0 Å². The molecule has 4 nitrogen and oxygen atoms in total. The third-order valence-corrected chi connectivity index (χ3v) is 4.10. The normalized spacial score (nSPS) is 23.2. The molecule has 1 aliphatic rings. The van der Waals surface area contributed by atoms with Crippen molar-refractivity contribution in [1.82, 2.24) is 4.31 Å². The average Bonchev–Trinajstić information content (AvgIpc) is 1.79. The van der Waals surface area contributed by atoms with E-state index >= 15 is 0 Å². The van der Waals surface area contributed by atoms with Gasteiger partial charge in [-0.3, -0.25) is 0 Å². The standard InChI is InChI=1S/C8H17NO3S/c1-7(2)4-13(11,12)9-5-8(3,10)6-9/h7,10H,4-6H2,1-3H3. The molecule has 1 aliphatic heterocycles. The van der Waals surface area contributed by atoms with Gasteiger partial charge in [-0.15, -0.1) is 0 Å². The third-order valence-electron chi connectivity index (χ3n) is 1.97. The fourth-order valence-electron chi connectivity index (χ4n) is 1.44. The summed E-state index contributed by atoms with van der Waals surface area (Å²) in [7, 11) is -3.12. The minimum absolute atomic E-state index is 0.135. The Morgan fingerprint density at radius 1 is 1.46 bits per heavy atom. The lowest BCUT2D eigenvalue weighted by Crippen LogP contribution is -2.62. The van der Waals surface area contributed by atoms with Crippen LogP contribution >= 0.6 is 0 Å². The number of hydrogen-bond acceptors (Lipinski definition) is 3. The Morgan fingerprint density at radius 2 is 1.92 bits per heavy atom. The van der Waals surface area contributed by atoms with Gasteiger partial charge in [0.25, 0.3) is 0 Å². The molecule has 0 aliphatic carbocycles. The lowest BCUT2D eigenvalue weighted by atomic mass is 10.0. The molecular formula is C8H17NO3S. The molecule has 0 bridgehead atoms. The second kappa shape index (κ2) is 3.22. The van der Waals surface area contributed by atoms with Gasteiger partial charge < -0.3 is 5.11 Å². The quantitative estimate of drug-likeness (QED) is 0.711. The van der Waals surface area contributed by atoms with E-state index in [4.69, 9.17) is 0 Å².